The van der Waals surface area contributed by atoms with E-state index in [0.717, 1.165) is 6.07 Å². The van der Waals surface area contributed by atoms with Crippen molar-refractivity contribution in [3.63, 3.8) is 0 Å². The van der Waals surface area contributed by atoms with Crippen LogP contribution in [0.1, 0.15) is 13.3 Å². The molecule has 0 saturated carbocycles. The van der Waals surface area contributed by atoms with Gasteiger partial charge in [0.25, 0.3) is 0 Å². The van der Waals surface area contributed by atoms with E-state index >= 15 is 0 Å². The summed E-state index contributed by atoms with van der Waals surface area (Å²) in [7, 11) is 0. The minimum Gasteiger partial charge on any atom is -0.481 e. The molecule has 2 unspecified atom stereocenters. The number of amides is 2. The Hall–Kier alpha value is -1.82. The Morgan fingerprint density at radius 3 is 2.80 bits per heavy atom. The maximum Gasteiger partial charge on any atom is 0.322 e. The summed E-state index contributed by atoms with van der Waals surface area (Å²) in [5.41, 5.74) is -0.0199. The van der Waals surface area contributed by atoms with Gasteiger partial charge in [-0.3, -0.25) is 4.79 Å². The Morgan fingerprint density at radius 1 is 1.50 bits per heavy atom. The Labute approximate surface area is 120 Å². The highest BCUT2D eigenvalue weighted by Crippen LogP contribution is 2.26. The summed E-state index contributed by atoms with van der Waals surface area (Å²) in [5, 5.41) is 11.7. The highest BCUT2D eigenvalue weighted by molar-refractivity contribution is 6.30. The van der Waals surface area contributed by atoms with Crippen LogP contribution in [0, 0.1) is 11.7 Å². The van der Waals surface area contributed by atoms with Crippen molar-refractivity contribution in [1.82, 2.24) is 4.90 Å². The van der Waals surface area contributed by atoms with Gasteiger partial charge in [0.2, 0.25) is 0 Å². The molecule has 5 nitrogen and oxygen atoms in total. The fraction of sp³-hybridized carbons (Fsp3) is 0.385. The molecule has 1 aromatic carbocycles. The number of rotatable bonds is 2. The lowest BCUT2D eigenvalue weighted by Crippen LogP contribution is -2.40. The van der Waals surface area contributed by atoms with E-state index in [1.165, 1.54) is 17.0 Å². The summed E-state index contributed by atoms with van der Waals surface area (Å²) >= 11 is 5.74. The molecule has 1 fully saturated rings. The van der Waals surface area contributed by atoms with Crippen LogP contribution in [0.5, 0.6) is 0 Å². The lowest BCUT2D eigenvalue weighted by Gasteiger charge is -2.23. The van der Waals surface area contributed by atoms with Crippen molar-refractivity contribution in [3.8, 4) is 0 Å². The number of halogens is 2. The quantitative estimate of drug-likeness (QED) is 0.882. The molecule has 1 aromatic rings. The standard InChI is InChI=1S/C13H14ClFN2O3/c1-7-9(12(18)19)4-5-17(7)13(20)16-11-6-8(14)2-3-10(11)15/h2-3,6-7,9H,4-5H2,1H3,(H,16,20)(H,18,19). The molecule has 1 aliphatic rings. The average Bonchev–Trinajstić information content (AvgIpc) is 2.76. The van der Waals surface area contributed by atoms with Gasteiger partial charge in [-0.05, 0) is 31.5 Å². The molecule has 2 N–H and O–H groups in total. The zero-order chi connectivity index (χ0) is 14.9. The largest absolute Gasteiger partial charge is 0.481 e. The van der Waals surface area contributed by atoms with Crippen LogP contribution in [0.4, 0.5) is 14.9 Å². The van der Waals surface area contributed by atoms with Gasteiger partial charge >= 0.3 is 12.0 Å². The Morgan fingerprint density at radius 2 is 2.20 bits per heavy atom. The van der Waals surface area contributed by atoms with Crippen molar-refractivity contribution in [1.29, 1.82) is 0 Å². The first kappa shape index (κ1) is 14.6. The van der Waals surface area contributed by atoms with Crippen LogP contribution in [0.2, 0.25) is 5.02 Å². The van der Waals surface area contributed by atoms with Gasteiger partial charge in [-0.25, -0.2) is 9.18 Å². The SMILES string of the molecule is CC1C(C(=O)O)CCN1C(=O)Nc1cc(Cl)ccc1F. The molecule has 0 bridgehead atoms. The molecule has 20 heavy (non-hydrogen) atoms. The van der Waals surface area contributed by atoms with Crippen molar-refractivity contribution in [2.75, 3.05) is 11.9 Å². The second-order valence-corrected chi connectivity index (χ2v) is 5.16. The average molecular weight is 301 g/mol. The maximum atomic E-state index is 13.5. The van der Waals surface area contributed by atoms with Gasteiger partial charge in [-0.1, -0.05) is 11.6 Å². The predicted molar refractivity (Wildman–Crippen MR) is 72.3 cm³/mol. The van der Waals surface area contributed by atoms with Crippen molar-refractivity contribution in [2.24, 2.45) is 5.92 Å². The van der Waals surface area contributed by atoms with Crippen LogP contribution in [0.25, 0.3) is 0 Å². The molecule has 7 heteroatoms. The predicted octanol–water partition coefficient (Wildman–Crippen LogP) is 2.81. The van der Waals surface area contributed by atoms with Crippen LogP contribution in [-0.4, -0.2) is 34.6 Å². The second-order valence-electron chi connectivity index (χ2n) is 4.72. The monoisotopic (exact) mass is 300 g/mol. The summed E-state index contributed by atoms with van der Waals surface area (Å²) < 4.78 is 13.5. The van der Waals surface area contributed by atoms with E-state index in [1.54, 1.807) is 6.92 Å². The molecular formula is C13H14ClFN2O3. The molecule has 2 rings (SSSR count). The van der Waals surface area contributed by atoms with E-state index in [4.69, 9.17) is 16.7 Å². The highest BCUT2D eigenvalue weighted by atomic mass is 35.5. The zero-order valence-electron chi connectivity index (χ0n) is 10.8. The number of hydrogen-bond donors (Lipinski definition) is 2. The Balaban J connectivity index is 2.09. The molecule has 1 aliphatic heterocycles. The normalized spacial score (nSPS) is 21.9. The number of carboxylic acid groups (broad SMARTS) is 1. The molecule has 0 aromatic heterocycles. The number of aliphatic carboxylic acids is 1. The zero-order valence-corrected chi connectivity index (χ0v) is 11.5. The maximum absolute atomic E-state index is 13.5. The first-order valence-corrected chi connectivity index (χ1v) is 6.53. The van der Waals surface area contributed by atoms with E-state index in [1.807, 2.05) is 0 Å². The summed E-state index contributed by atoms with van der Waals surface area (Å²) in [4.78, 5) is 24.5. The van der Waals surface area contributed by atoms with Crippen LogP contribution in [0.3, 0.4) is 0 Å². The number of likely N-dealkylation sites (tertiary alicyclic amines) is 1. The molecule has 2 atom stereocenters. The minimum atomic E-state index is -0.929. The number of carbonyl (C=O) groups is 2. The lowest BCUT2D eigenvalue weighted by atomic mass is 10.0. The molecule has 1 heterocycles. The van der Waals surface area contributed by atoms with Crippen molar-refractivity contribution in [2.45, 2.75) is 19.4 Å². The first-order chi connectivity index (χ1) is 9.40. The van der Waals surface area contributed by atoms with Crippen LogP contribution >= 0.6 is 11.6 Å². The fourth-order valence-corrected chi connectivity index (χ4v) is 2.51. The molecule has 0 radical (unpaired) electrons. The van der Waals surface area contributed by atoms with Gasteiger partial charge in [0.15, 0.2) is 0 Å². The second kappa shape index (κ2) is 5.66. The minimum absolute atomic E-state index is 0.0199. The Bertz CT molecular complexity index is 552. The van der Waals surface area contributed by atoms with Crippen molar-refractivity contribution < 1.29 is 19.1 Å². The number of nitrogens with one attached hydrogen (secondary N) is 1. The van der Waals surface area contributed by atoms with Gasteiger partial charge in [-0.2, -0.15) is 0 Å². The van der Waals surface area contributed by atoms with Crippen molar-refractivity contribution >= 4 is 29.3 Å². The van der Waals surface area contributed by atoms with Gasteiger partial charge in [0.1, 0.15) is 5.82 Å². The summed E-state index contributed by atoms with van der Waals surface area (Å²) in [6.45, 7) is 1.99. The third kappa shape index (κ3) is 2.85. The summed E-state index contributed by atoms with van der Waals surface area (Å²) in [5.74, 6) is -2.11. The van der Waals surface area contributed by atoms with E-state index in [0.29, 0.717) is 18.0 Å². The first-order valence-electron chi connectivity index (χ1n) is 6.15. The smallest absolute Gasteiger partial charge is 0.322 e. The van der Waals surface area contributed by atoms with Gasteiger partial charge in [0, 0.05) is 17.6 Å². The molecule has 0 spiro atoms. The summed E-state index contributed by atoms with van der Waals surface area (Å²) in [6.07, 6.45) is 0.391. The number of hydrogen-bond acceptors (Lipinski definition) is 2. The number of carbonyl (C=O) groups excluding carboxylic acids is 1. The number of urea groups is 1. The molecule has 2 amide bonds. The number of nitrogens with zero attached hydrogens (tertiary/aromatic N) is 1. The van der Waals surface area contributed by atoms with E-state index in [-0.39, 0.29) is 5.69 Å². The van der Waals surface area contributed by atoms with Crippen LogP contribution < -0.4 is 5.32 Å². The number of anilines is 1. The summed E-state index contributed by atoms with van der Waals surface area (Å²) in [6, 6.07) is 2.89. The van der Waals surface area contributed by atoms with Gasteiger partial charge in [0.05, 0.1) is 11.6 Å². The fourth-order valence-electron chi connectivity index (χ4n) is 2.34. The van der Waals surface area contributed by atoms with Gasteiger partial charge in [-0.15, -0.1) is 0 Å². The molecular weight excluding hydrogens is 287 g/mol. The highest BCUT2D eigenvalue weighted by Gasteiger charge is 2.38. The van der Waals surface area contributed by atoms with Crippen LogP contribution in [-0.2, 0) is 4.79 Å². The third-order valence-corrected chi connectivity index (χ3v) is 3.74. The Kier molecular flexibility index (Phi) is 4.13. The topological polar surface area (TPSA) is 69.6 Å². The van der Waals surface area contributed by atoms with Crippen LogP contribution in [0.15, 0.2) is 18.2 Å². The number of carboxylic acids is 1. The van der Waals surface area contributed by atoms with E-state index in [9.17, 15) is 14.0 Å². The molecule has 108 valence electrons. The third-order valence-electron chi connectivity index (χ3n) is 3.50. The lowest BCUT2D eigenvalue weighted by molar-refractivity contribution is -0.142. The number of benzene rings is 1. The van der Waals surface area contributed by atoms with E-state index < -0.39 is 29.8 Å². The molecule has 1 saturated heterocycles. The van der Waals surface area contributed by atoms with Gasteiger partial charge < -0.3 is 15.3 Å². The van der Waals surface area contributed by atoms with Crippen molar-refractivity contribution in [3.05, 3.63) is 29.0 Å². The molecule has 0 aliphatic carbocycles. The van der Waals surface area contributed by atoms with E-state index in [2.05, 4.69) is 5.32 Å².